The van der Waals surface area contributed by atoms with E-state index in [0.29, 0.717) is 0 Å². The van der Waals surface area contributed by atoms with Crippen molar-refractivity contribution >= 4 is 11.8 Å². The van der Waals surface area contributed by atoms with Gasteiger partial charge in [-0.1, -0.05) is 20.8 Å². The van der Waals surface area contributed by atoms with Crippen molar-refractivity contribution in [3.8, 4) is 0 Å². The Morgan fingerprint density at radius 2 is 2.15 bits per heavy atom. The summed E-state index contributed by atoms with van der Waals surface area (Å²) in [6.45, 7) is 8.04. The van der Waals surface area contributed by atoms with Crippen molar-refractivity contribution in [2.75, 3.05) is 6.54 Å². The molecule has 0 bridgehead atoms. The maximum atomic E-state index is 3.62. The molecule has 1 saturated carbocycles. The summed E-state index contributed by atoms with van der Waals surface area (Å²) < 4.78 is 0. The molecule has 1 aliphatic rings. The average Bonchev–Trinajstić information content (AvgIpc) is 2.48. The summed E-state index contributed by atoms with van der Waals surface area (Å²) in [6.07, 6.45) is 5.47. The minimum atomic E-state index is 0.801. The Hall–Kier alpha value is 0.310. The molecule has 0 heterocycles. The largest absolute Gasteiger partial charge is 0.314 e. The molecule has 1 rings (SSSR count). The predicted octanol–water partition coefficient (Wildman–Crippen LogP) is 3.05. The lowest BCUT2D eigenvalue weighted by Crippen LogP contribution is -2.27. The highest BCUT2D eigenvalue weighted by Crippen LogP contribution is 2.32. The Labute approximate surface area is 87.1 Å². The monoisotopic (exact) mass is 201 g/mol. The van der Waals surface area contributed by atoms with Gasteiger partial charge in [0.25, 0.3) is 0 Å². The van der Waals surface area contributed by atoms with E-state index in [2.05, 4.69) is 37.8 Å². The molecule has 0 saturated heterocycles. The van der Waals surface area contributed by atoms with Crippen molar-refractivity contribution in [2.24, 2.45) is 0 Å². The predicted molar refractivity (Wildman–Crippen MR) is 62.4 cm³/mol. The van der Waals surface area contributed by atoms with E-state index in [0.717, 1.165) is 16.5 Å². The highest BCUT2D eigenvalue weighted by molar-refractivity contribution is 8.00. The fourth-order valence-corrected chi connectivity index (χ4v) is 3.37. The fourth-order valence-electron chi connectivity index (χ4n) is 1.98. The van der Waals surface area contributed by atoms with Crippen molar-refractivity contribution < 1.29 is 0 Å². The lowest BCUT2D eigenvalue weighted by Gasteiger charge is -2.14. The van der Waals surface area contributed by atoms with Gasteiger partial charge >= 0.3 is 0 Å². The van der Waals surface area contributed by atoms with Crippen molar-refractivity contribution in [3.05, 3.63) is 0 Å². The lowest BCUT2D eigenvalue weighted by atomic mass is 10.2. The van der Waals surface area contributed by atoms with E-state index in [1.54, 1.807) is 0 Å². The van der Waals surface area contributed by atoms with E-state index in [4.69, 9.17) is 0 Å². The second-order valence-corrected chi connectivity index (χ2v) is 6.15. The van der Waals surface area contributed by atoms with Gasteiger partial charge in [0.1, 0.15) is 0 Å². The van der Waals surface area contributed by atoms with Crippen LogP contribution in [0.2, 0.25) is 0 Å². The summed E-state index contributed by atoms with van der Waals surface area (Å²) in [5.41, 5.74) is 0. The van der Waals surface area contributed by atoms with Crippen molar-refractivity contribution in [2.45, 2.75) is 63.0 Å². The van der Waals surface area contributed by atoms with Crippen LogP contribution in [0, 0.1) is 0 Å². The molecule has 1 aliphatic carbocycles. The molecular weight excluding hydrogens is 178 g/mol. The summed E-state index contributed by atoms with van der Waals surface area (Å²) in [7, 11) is 0. The van der Waals surface area contributed by atoms with Gasteiger partial charge in [-0.25, -0.2) is 0 Å². The highest BCUT2D eigenvalue weighted by Gasteiger charge is 2.24. The zero-order chi connectivity index (χ0) is 9.68. The Morgan fingerprint density at radius 1 is 1.38 bits per heavy atom. The van der Waals surface area contributed by atoms with E-state index >= 15 is 0 Å². The second-order valence-electron chi connectivity index (χ2n) is 4.27. The number of nitrogens with one attached hydrogen (secondary N) is 1. The van der Waals surface area contributed by atoms with Crippen LogP contribution in [-0.4, -0.2) is 23.1 Å². The Balaban J connectivity index is 2.12. The first-order valence-corrected chi connectivity index (χ1v) is 6.55. The first-order valence-electron chi connectivity index (χ1n) is 5.61. The first kappa shape index (κ1) is 11.4. The van der Waals surface area contributed by atoms with Gasteiger partial charge in [-0.05, 0) is 37.5 Å². The van der Waals surface area contributed by atoms with E-state index in [-0.39, 0.29) is 0 Å². The van der Waals surface area contributed by atoms with E-state index in [1.165, 1.54) is 32.2 Å². The summed E-state index contributed by atoms with van der Waals surface area (Å²) in [5.74, 6) is 0. The zero-order valence-electron chi connectivity index (χ0n) is 9.18. The Morgan fingerprint density at radius 3 is 2.77 bits per heavy atom. The third kappa shape index (κ3) is 4.37. The van der Waals surface area contributed by atoms with Gasteiger partial charge in [0.05, 0.1) is 0 Å². The summed E-state index contributed by atoms with van der Waals surface area (Å²) in [5, 5.41) is 5.35. The zero-order valence-corrected chi connectivity index (χ0v) is 9.99. The topological polar surface area (TPSA) is 12.0 Å². The van der Waals surface area contributed by atoms with Crippen LogP contribution in [0.5, 0.6) is 0 Å². The SMILES string of the molecule is CCCNC1CCC(SC(C)C)C1. The van der Waals surface area contributed by atoms with Gasteiger partial charge in [0.2, 0.25) is 0 Å². The second kappa shape index (κ2) is 5.92. The fraction of sp³-hybridized carbons (Fsp3) is 1.00. The van der Waals surface area contributed by atoms with Gasteiger partial charge in [-0.15, -0.1) is 0 Å². The third-order valence-electron chi connectivity index (χ3n) is 2.53. The molecule has 2 heteroatoms. The quantitative estimate of drug-likeness (QED) is 0.734. The van der Waals surface area contributed by atoms with Crippen LogP contribution >= 0.6 is 11.8 Å². The van der Waals surface area contributed by atoms with E-state index in [1.807, 2.05) is 0 Å². The van der Waals surface area contributed by atoms with Gasteiger partial charge in [0, 0.05) is 11.3 Å². The molecule has 13 heavy (non-hydrogen) atoms. The highest BCUT2D eigenvalue weighted by atomic mass is 32.2. The molecule has 1 N–H and O–H groups in total. The molecule has 0 amide bonds. The maximum Gasteiger partial charge on any atom is 0.00779 e. The van der Waals surface area contributed by atoms with Crippen molar-refractivity contribution in [3.63, 3.8) is 0 Å². The molecule has 0 spiro atoms. The molecule has 1 fully saturated rings. The molecule has 0 aromatic carbocycles. The lowest BCUT2D eigenvalue weighted by molar-refractivity contribution is 0.524. The molecule has 2 atom stereocenters. The molecular formula is C11H23NS. The van der Waals surface area contributed by atoms with Crippen LogP contribution in [0.25, 0.3) is 0 Å². The number of thioether (sulfide) groups is 1. The molecule has 0 aliphatic heterocycles. The molecule has 0 aromatic rings. The van der Waals surface area contributed by atoms with Gasteiger partial charge in [-0.3, -0.25) is 0 Å². The number of rotatable bonds is 5. The van der Waals surface area contributed by atoms with E-state index < -0.39 is 0 Å². The van der Waals surface area contributed by atoms with Crippen LogP contribution < -0.4 is 5.32 Å². The van der Waals surface area contributed by atoms with Crippen LogP contribution in [0.3, 0.4) is 0 Å². The molecule has 0 aromatic heterocycles. The minimum Gasteiger partial charge on any atom is -0.314 e. The van der Waals surface area contributed by atoms with Gasteiger partial charge in [-0.2, -0.15) is 11.8 Å². The summed E-state index contributed by atoms with van der Waals surface area (Å²) >= 11 is 2.16. The Bertz CT molecular complexity index is 136. The third-order valence-corrected chi connectivity index (χ3v) is 3.89. The first-order chi connectivity index (χ1) is 6.22. The minimum absolute atomic E-state index is 0.801. The van der Waals surface area contributed by atoms with Crippen molar-refractivity contribution in [1.82, 2.24) is 5.32 Å². The molecule has 1 nitrogen and oxygen atoms in total. The molecule has 0 radical (unpaired) electrons. The van der Waals surface area contributed by atoms with Gasteiger partial charge < -0.3 is 5.32 Å². The van der Waals surface area contributed by atoms with Crippen LogP contribution in [0.15, 0.2) is 0 Å². The normalized spacial score (nSPS) is 28.6. The number of hydrogen-bond donors (Lipinski definition) is 1. The molecule has 78 valence electrons. The molecule has 2 unspecified atom stereocenters. The average molecular weight is 201 g/mol. The number of hydrogen-bond acceptors (Lipinski definition) is 2. The maximum absolute atomic E-state index is 3.62. The summed E-state index contributed by atoms with van der Waals surface area (Å²) in [4.78, 5) is 0. The standard InChI is InChI=1S/C11H23NS/c1-4-7-12-10-5-6-11(8-10)13-9(2)3/h9-12H,4-8H2,1-3H3. The van der Waals surface area contributed by atoms with E-state index in [9.17, 15) is 0 Å². The van der Waals surface area contributed by atoms with Crippen LogP contribution in [0.1, 0.15) is 46.5 Å². The van der Waals surface area contributed by atoms with Crippen LogP contribution in [-0.2, 0) is 0 Å². The van der Waals surface area contributed by atoms with Crippen molar-refractivity contribution in [1.29, 1.82) is 0 Å². The summed E-state index contributed by atoms with van der Waals surface area (Å²) in [6, 6.07) is 0.816. The smallest absolute Gasteiger partial charge is 0.00779 e. The van der Waals surface area contributed by atoms with Gasteiger partial charge in [0.15, 0.2) is 0 Å². The Kier molecular flexibility index (Phi) is 5.18. The van der Waals surface area contributed by atoms with Crippen LogP contribution in [0.4, 0.5) is 0 Å².